The molecular formula is C9H20NO4+. The molecule has 0 aromatic heterocycles. The third-order valence-corrected chi connectivity index (χ3v) is 2.28. The maximum Gasteiger partial charge on any atom is 0.183 e. The minimum absolute atomic E-state index is 0.000324. The molecule has 0 saturated carbocycles. The standard InChI is InChI=1S/C9H20NO4/c1-9(14)8-10(2-5-11,3-6-12)4-7-13/h11-13H,2-8H2,1H3/q+1. The summed E-state index contributed by atoms with van der Waals surface area (Å²) in [5.74, 6) is 0.000324. The van der Waals surface area contributed by atoms with Crippen LogP contribution in [0.15, 0.2) is 0 Å². The summed E-state index contributed by atoms with van der Waals surface area (Å²) < 4.78 is 0.263. The highest BCUT2D eigenvalue weighted by Gasteiger charge is 2.27. The van der Waals surface area contributed by atoms with Crippen LogP contribution in [0.3, 0.4) is 0 Å². The van der Waals surface area contributed by atoms with E-state index in [9.17, 15) is 4.79 Å². The Kier molecular flexibility index (Phi) is 6.65. The number of rotatable bonds is 8. The van der Waals surface area contributed by atoms with E-state index in [4.69, 9.17) is 15.3 Å². The van der Waals surface area contributed by atoms with Gasteiger partial charge in [-0.05, 0) is 0 Å². The number of quaternary nitrogens is 1. The second-order valence-corrected chi connectivity index (χ2v) is 3.54. The van der Waals surface area contributed by atoms with Crippen LogP contribution in [0.1, 0.15) is 6.92 Å². The summed E-state index contributed by atoms with van der Waals surface area (Å²) in [6, 6.07) is 0. The van der Waals surface area contributed by atoms with E-state index in [2.05, 4.69) is 0 Å². The van der Waals surface area contributed by atoms with Crippen LogP contribution in [0.25, 0.3) is 0 Å². The molecule has 0 aromatic rings. The lowest BCUT2D eigenvalue weighted by Crippen LogP contribution is -2.55. The van der Waals surface area contributed by atoms with Crippen molar-refractivity contribution in [2.75, 3.05) is 46.0 Å². The maximum atomic E-state index is 11.0. The Hall–Kier alpha value is -0.490. The molecule has 0 atom stereocenters. The molecule has 14 heavy (non-hydrogen) atoms. The van der Waals surface area contributed by atoms with Gasteiger partial charge in [0.25, 0.3) is 0 Å². The highest BCUT2D eigenvalue weighted by molar-refractivity contribution is 5.76. The Labute approximate surface area is 84.2 Å². The molecule has 5 heteroatoms. The number of Topliss-reactive ketones (excluding diaryl/α,β-unsaturated/α-hetero) is 1. The molecule has 0 bridgehead atoms. The number of ketones is 1. The average molecular weight is 206 g/mol. The van der Waals surface area contributed by atoms with Gasteiger partial charge in [0.1, 0.15) is 26.2 Å². The lowest BCUT2D eigenvalue weighted by molar-refractivity contribution is -0.921. The molecule has 0 heterocycles. The van der Waals surface area contributed by atoms with E-state index in [-0.39, 0.29) is 36.6 Å². The predicted molar refractivity (Wildman–Crippen MR) is 51.7 cm³/mol. The van der Waals surface area contributed by atoms with Gasteiger partial charge in [-0.25, -0.2) is 0 Å². The van der Waals surface area contributed by atoms with Crippen molar-refractivity contribution in [3.05, 3.63) is 0 Å². The molecule has 0 aromatic carbocycles. The topological polar surface area (TPSA) is 77.8 Å². The maximum absolute atomic E-state index is 11.0. The lowest BCUT2D eigenvalue weighted by atomic mass is 10.2. The highest BCUT2D eigenvalue weighted by Crippen LogP contribution is 2.05. The summed E-state index contributed by atoms with van der Waals surface area (Å²) in [6.45, 7) is 2.75. The number of hydrogen-bond donors (Lipinski definition) is 3. The first-order chi connectivity index (χ1) is 6.60. The number of hydrogen-bond acceptors (Lipinski definition) is 4. The minimum Gasteiger partial charge on any atom is -0.391 e. The molecule has 0 amide bonds. The van der Waals surface area contributed by atoms with Gasteiger partial charge in [0.15, 0.2) is 5.78 Å². The van der Waals surface area contributed by atoms with E-state index in [0.717, 1.165) is 0 Å². The first-order valence-electron chi connectivity index (χ1n) is 4.77. The zero-order valence-corrected chi connectivity index (χ0v) is 8.65. The van der Waals surface area contributed by atoms with Crippen molar-refractivity contribution in [1.82, 2.24) is 0 Å². The van der Waals surface area contributed by atoms with E-state index in [1.807, 2.05) is 0 Å². The van der Waals surface area contributed by atoms with Gasteiger partial charge in [0.05, 0.1) is 19.8 Å². The molecule has 0 aliphatic rings. The zero-order chi connectivity index (χ0) is 11.0. The van der Waals surface area contributed by atoms with Crippen LogP contribution < -0.4 is 0 Å². The Morgan fingerprint density at radius 3 is 1.57 bits per heavy atom. The largest absolute Gasteiger partial charge is 0.391 e. The Morgan fingerprint density at radius 1 is 1.00 bits per heavy atom. The monoisotopic (exact) mass is 206 g/mol. The van der Waals surface area contributed by atoms with Gasteiger partial charge in [-0.3, -0.25) is 4.79 Å². The first kappa shape index (κ1) is 13.5. The summed E-state index contributed by atoms with van der Waals surface area (Å²) in [4.78, 5) is 11.0. The van der Waals surface area contributed by atoms with Crippen LogP contribution in [0, 0.1) is 0 Å². The van der Waals surface area contributed by atoms with E-state index >= 15 is 0 Å². The fourth-order valence-electron chi connectivity index (χ4n) is 1.68. The number of aliphatic hydroxyl groups is 3. The quantitative estimate of drug-likeness (QED) is 0.417. The van der Waals surface area contributed by atoms with Gasteiger partial charge in [-0.15, -0.1) is 0 Å². The second-order valence-electron chi connectivity index (χ2n) is 3.54. The molecule has 0 rings (SSSR count). The molecule has 84 valence electrons. The Bertz CT molecular complexity index is 155. The van der Waals surface area contributed by atoms with Crippen molar-refractivity contribution in [2.45, 2.75) is 6.92 Å². The second kappa shape index (κ2) is 6.89. The normalized spacial score (nSPS) is 11.7. The van der Waals surface area contributed by atoms with E-state index in [0.29, 0.717) is 19.6 Å². The van der Waals surface area contributed by atoms with Gasteiger partial charge >= 0.3 is 0 Å². The van der Waals surface area contributed by atoms with Crippen LogP contribution in [-0.4, -0.2) is 71.6 Å². The highest BCUT2D eigenvalue weighted by atomic mass is 16.3. The summed E-state index contributed by atoms with van der Waals surface area (Å²) in [5, 5.41) is 26.6. The molecule has 0 fully saturated rings. The third kappa shape index (κ3) is 4.66. The SMILES string of the molecule is CC(=O)C[N+](CCO)(CCO)CCO. The Morgan fingerprint density at radius 2 is 1.36 bits per heavy atom. The molecule has 0 unspecified atom stereocenters. The average Bonchev–Trinajstić information content (AvgIpc) is 2.03. The van der Waals surface area contributed by atoms with Crippen LogP contribution in [0.2, 0.25) is 0 Å². The number of carbonyl (C=O) groups excluding carboxylic acids is 1. The summed E-state index contributed by atoms with van der Waals surface area (Å²) >= 11 is 0. The van der Waals surface area contributed by atoms with E-state index in [1.165, 1.54) is 6.92 Å². The number of carbonyl (C=O) groups is 1. The fraction of sp³-hybridized carbons (Fsp3) is 0.889. The van der Waals surface area contributed by atoms with Gasteiger partial charge in [0, 0.05) is 6.92 Å². The van der Waals surface area contributed by atoms with Gasteiger partial charge < -0.3 is 19.8 Å². The summed E-state index contributed by atoms with van der Waals surface area (Å²) in [5.41, 5.74) is 0. The molecule has 0 spiro atoms. The van der Waals surface area contributed by atoms with Gasteiger partial charge in [-0.2, -0.15) is 0 Å². The van der Waals surface area contributed by atoms with Crippen molar-refractivity contribution >= 4 is 5.78 Å². The van der Waals surface area contributed by atoms with Crippen LogP contribution in [0.4, 0.5) is 0 Å². The van der Waals surface area contributed by atoms with Crippen LogP contribution >= 0.6 is 0 Å². The van der Waals surface area contributed by atoms with E-state index in [1.54, 1.807) is 0 Å². The van der Waals surface area contributed by atoms with Gasteiger partial charge in [0.2, 0.25) is 0 Å². The smallest absolute Gasteiger partial charge is 0.183 e. The zero-order valence-electron chi connectivity index (χ0n) is 8.65. The van der Waals surface area contributed by atoms with E-state index < -0.39 is 0 Å². The minimum atomic E-state index is -0.0483. The lowest BCUT2D eigenvalue weighted by Gasteiger charge is -2.36. The summed E-state index contributed by atoms with van der Waals surface area (Å²) in [7, 11) is 0. The molecule has 0 aliphatic carbocycles. The van der Waals surface area contributed by atoms with Gasteiger partial charge in [-0.1, -0.05) is 0 Å². The van der Waals surface area contributed by atoms with Crippen molar-refractivity contribution in [1.29, 1.82) is 0 Å². The van der Waals surface area contributed by atoms with Crippen molar-refractivity contribution in [3.8, 4) is 0 Å². The van der Waals surface area contributed by atoms with Crippen molar-refractivity contribution in [3.63, 3.8) is 0 Å². The Balaban J connectivity index is 4.45. The summed E-state index contributed by atoms with van der Waals surface area (Å²) in [6.07, 6.45) is 0. The van der Waals surface area contributed by atoms with Crippen LogP contribution in [-0.2, 0) is 4.79 Å². The molecule has 0 aliphatic heterocycles. The number of nitrogens with zero attached hydrogens (tertiary/aromatic N) is 1. The van der Waals surface area contributed by atoms with Crippen molar-refractivity contribution < 1.29 is 24.6 Å². The molecule has 3 N–H and O–H groups in total. The molecular weight excluding hydrogens is 186 g/mol. The molecule has 0 radical (unpaired) electrons. The third-order valence-electron chi connectivity index (χ3n) is 2.28. The molecule has 0 saturated heterocycles. The molecule has 5 nitrogen and oxygen atoms in total. The first-order valence-corrected chi connectivity index (χ1v) is 4.77. The number of aliphatic hydroxyl groups excluding tert-OH is 3. The van der Waals surface area contributed by atoms with Crippen molar-refractivity contribution in [2.24, 2.45) is 0 Å². The predicted octanol–water partition coefficient (Wildman–Crippen LogP) is -1.63. The van der Waals surface area contributed by atoms with Crippen LogP contribution in [0.5, 0.6) is 0 Å². The fourth-order valence-corrected chi connectivity index (χ4v) is 1.68.